The van der Waals surface area contributed by atoms with E-state index in [2.05, 4.69) is 9.97 Å². The van der Waals surface area contributed by atoms with Gasteiger partial charge in [0, 0.05) is 17.9 Å². The van der Waals surface area contributed by atoms with Gasteiger partial charge < -0.3 is 10.5 Å². The normalized spacial score (nSPS) is 19.8. The summed E-state index contributed by atoms with van der Waals surface area (Å²) in [5.41, 5.74) is 6.05. The summed E-state index contributed by atoms with van der Waals surface area (Å²) in [6.45, 7) is 5.08. The number of esters is 1. The average Bonchev–Trinajstić information content (AvgIpc) is 2.63. The molecule has 0 radical (unpaired) electrons. The quantitative estimate of drug-likeness (QED) is 0.779. The van der Waals surface area contributed by atoms with Crippen molar-refractivity contribution in [1.82, 2.24) is 9.97 Å². The van der Waals surface area contributed by atoms with Crippen molar-refractivity contribution < 1.29 is 23.1 Å². The van der Waals surface area contributed by atoms with Crippen LogP contribution in [0.1, 0.15) is 62.0 Å². The van der Waals surface area contributed by atoms with Crippen molar-refractivity contribution in [2.24, 2.45) is 0 Å². The Labute approximate surface area is 167 Å². The molecule has 2 aromatic rings. The number of halogens is 2. The largest absolute Gasteiger partial charge is 0.456 e. The summed E-state index contributed by atoms with van der Waals surface area (Å²) in [7, 11) is 0. The molecule has 1 aliphatic rings. The maximum absolute atomic E-state index is 14.6. The van der Waals surface area contributed by atoms with Crippen molar-refractivity contribution in [3.8, 4) is 11.3 Å². The van der Waals surface area contributed by atoms with Gasteiger partial charge in [0.2, 0.25) is 0 Å². The third-order valence-electron chi connectivity index (χ3n) is 4.68. The van der Waals surface area contributed by atoms with Crippen LogP contribution in [0, 0.1) is 5.82 Å². The lowest BCUT2D eigenvalue weighted by atomic mass is 9.85. The number of carbonyl (C=O) groups is 2. The van der Waals surface area contributed by atoms with E-state index in [0.29, 0.717) is 17.7 Å². The topological polar surface area (TPSA) is 95.2 Å². The fourth-order valence-corrected chi connectivity index (χ4v) is 3.22. The monoisotopic (exact) mass is 403 g/mol. The number of Topliss-reactive ketones (excluding diaryl/α,β-unsaturated/α-hetero) is 1. The van der Waals surface area contributed by atoms with Crippen LogP contribution in [0.25, 0.3) is 11.3 Å². The molecule has 1 saturated carbocycles. The molecule has 0 amide bonds. The number of ketones is 1. The molecule has 1 aliphatic carbocycles. The van der Waals surface area contributed by atoms with E-state index < -0.39 is 29.3 Å². The minimum Gasteiger partial charge on any atom is -0.456 e. The molecule has 0 bridgehead atoms. The average molecular weight is 403 g/mol. The fourth-order valence-electron chi connectivity index (χ4n) is 3.22. The van der Waals surface area contributed by atoms with Crippen LogP contribution < -0.4 is 5.73 Å². The van der Waals surface area contributed by atoms with Crippen LogP contribution in [-0.4, -0.2) is 33.5 Å². The first-order valence-corrected chi connectivity index (χ1v) is 9.37. The van der Waals surface area contributed by atoms with Crippen LogP contribution in [0.2, 0.25) is 0 Å². The number of hydrogen-bond acceptors (Lipinski definition) is 6. The molecule has 154 valence electrons. The van der Waals surface area contributed by atoms with Crippen LogP contribution in [0.3, 0.4) is 0 Å². The number of ether oxygens (including phenoxy) is 1. The zero-order valence-electron chi connectivity index (χ0n) is 16.5. The predicted molar refractivity (Wildman–Crippen MR) is 104 cm³/mol. The minimum absolute atomic E-state index is 0.0445. The SMILES string of the molecule is CC(C)(C)OC(=O)c1ccc(-c2nc([C@@H]3CCC(=O)[C@@H](F)C3)cnc2N)cc1F. The summed E-state index contributed by atoms with van der Waals surface area (Å²) in [6, 6.07) is 3.96. The van der Waals surface area contributed by atoms with Crippen LogP contribution in [0.5, 0.6) is 0 Å². The van der Waals surface area contributed by atoms with Crippen molar-refractivity contribution in [1.29, 1.82) is 0 Å². The van der Waals surface area contributed by atoms with E-state index in [1.807, 2.05) is 0 Å². The molecule has 0 spiro atoms. The number of nitrogens with two attached hydrogens (primary N) is 1. The molecular weight excluding hydrogens is 380 g/mol. The molecule has 0 saturated heterocycles. The van der Waals surface area contributed by atoms with Crippen molar-refractivity contribution in [2.45, 2.75) is 57.7 Å². The van der Waals surface area contributed by atoms with E-state index in [1.165, 1.54) is 18.3 Å². The highest BCUT2D eigenvalue weighted by Crippen LogP contribution is 2.34. The number of benzene rings is 1. The van der Waals surface area contributed by atoms with Crippen molar-refractivity contribution >= 4 is 17.6 Å². The Kier molecular flexibility index (Phi) is 5.64. The van der Waals surface area contributed by atoms with E-state index in [1.54, 1.807) is 20.8 Å². The number of carbonyl (C=O) groups excluding carboxylic acids is 2. The van der Waals surface area contributed by atoms with E-state index in [4.69, 9.17) is 10.5 Å². The molecule has 6 nitrogen and oxygen atoms in total. The zero-order valence-corrected chi connectivity index (χ0v) is 16.5. The van der Waals surface area contributed by atoms with Gasteiger partial charge in [0.15, 0.2) is 12.0 Å². The fraction of sp³-hybridized carbons (Fsp3) is 0.429. The highest BCUT2D eigenvalue weighted by molar-refractivity contribution is 5.91. The molecule has 8 heteroatoms. The maximum atomic E-state index is 14.6. The highest BCUT2D eigenvalue weighted by atomic mass is 19.1. The van der Waals surface area contributed by atoms with Gasteiger partial charge >= 0.3 is 5.97 Å². The lowest BCUT2D eigenvalue weighted by Crippen LogP contribution is -2.25. The number of nitrogens with zero attached hydrogens (tertiary/aromatic N) is 2. The molecule has 3 rings (SSSR count). The molecule has 1 heterocycles. The first kappa shape index (κ1) is 20.8. The Bertz CT molecular complexity index is 957. The summed E-state index contributed by atoms with van der Waals surface area (Å²) < 4.78 is 33.6. The van der Waals surface area contributed by atoms with Gasteiger partial charge in [0.1, 0.15) is 22.9 Å². The Morgan fingerprint density at radius 3 is 2.66 bits per heavy atom. The number of aromatic nitrogens is 2. The maximum Gasteiger partial charge on any atom is 0.341 e. The van der Waals surface area contributed by atoms with Gasteiger partial charge in [0.25, 0.3) is 0 Å². The van der Waals surface area contributed by atoms with E-state index >= 15 is 0 Å². The smallest absolute Gasteiger partial charge is 0.341 e. The Hall–Kier alpha value is -2.90. The predicted octanol–water partition coefficient (Wildman–Crippen LogP) is 3.99. The van der Waals surface area contributed by atoms with Crippen LogP contribution in [0.15, 0.2) is 24.4 Å². The second-order valence-electron chi connectivity index (χ2n) is 8.13. The van der Waals surface area contributed by atoms with Crippen molar-refractivity contribution in [2.75, 3.05) is 5.73 Å². The second-order valence-corrected chi connectivity index (χ2v) is 8.13. The third kappa shape index (κ3) is 4.75. The number of rotatable bonds is 3. The van der Waals surface area contributed by atoms with E-state index in [0.717, 1.165) is 6.07 Å². The molecular formula is C21H23F2N3O3. The molecule has 1 fully saturated rings. The molecule has 0 aliphatic heterocycles. The Balaban J connectivity index is 1.90. The number of anilines is 1. The number of nitrogen functional groups attached to an aromatic ring is 1. The molecule has 0 unspecified atom stereocenters. The van der Waals surface area contributed by atoms with Gasteiger partial charge in [-0.25, -0.2) is 23.5 Å². The van der Waals surface area contributed by atoms with Crippen LogP contribution in [0.4, 0.5) is 14.6 Å². The molecule has 29 heavy (non-hydrogen) atoms. The van der Waals surface area contributed by atoms with Gasteiger partial charge in [-0.15, -0.1) is 0 Å². The number of alkyl halides is 1. The van der Waals surface area contributed by atoms with Crippen molar-refractivity contribution in [3.05, 3.63) is 41.5 Å². The Morgan fingerprint density at radius 2 is 2.03 bits per heavy atom. The van der Waals surface area contributed by atoms with Crippen LogP contribution in [-0.2, 0) is 9.53 Å². The minimum atomic E-state index is -1.51. The van der Waals surface area contributed by atoms with Crippen LogP contribution >= 0.6 is 0 Å². The zero-order chi connectivity index (χ0) is 21.3. The summed E-state index contributed by atoms with van der Waals surface area (Å²) in [4.78, 5) is 32.1. The molecule has 2 atom stereocenters. The molecule has 1 aromatic heterocycles. The first-order chi connectivity index (χ1) is 13.5. The summed E-state index contributed by atoms with van der Waals surface area (Å²) in [6.07, 6.45) is 0.609. The van der Waals surface area contributed by atoms with Gasteiger partial charge in [-0.2, -0.15) is 0 Å². The second kappa shape index (κ2) is 7.85. The highest BCUT2D eigenvalue weighted by Gasteiger charge is 2.30. The molecule has 2 N–H and O–H groups in total. The lowest BCUT2D eigenvalue weighted by molar-refractivity contribution is -0.125. The summed E-state index contributed by atoms with van der Waals surface area (Å²) in [5, 5.41) is 0. The lowest BCUT2D eigenvalue weighted by Gasteiger charge is -2.23. The van der Waals surface area contributed by atoms with E-state index in [9.17, 15) is 18.4 Å². The van der Waals surface area contributed by atoms with E-state index in [-0.39, 0.29) is 35.8 Å². The summed E-state index contributed by atoms with van der Waals surface area (Å²) in [5.74, 6) is -2.11. The van der Waals surface area contributed by atoms with Crippen molar-refractivity contribution in [3.63, 3.8) is 0 Å². The summed E-state index contributed by atoms with van der Waals surface area (Å²) >= 11 is 0. The first-order valence-electron chi connectivity index (χ1n) is 9.37. The molecule has 1 aromatic carbocycles. The van der Waals surface area contributed by atoms with Gasteiger partial charge in [-0.1, -0.05) is 6.07 Å². The Morgan fingerprint density at radius 1 is 1.31 bits per heavy atom. The number of hydrogen-bond donors (Lipinski definition) is 1. The third-order valence-corrected chi connectivity index (χ3v) is 4.68. The van der Waals surface area contributed by atoms with Gasteiger partial charge in [-0.05, 0) is 45.7 Å². The standard InChI is InChI=1S/C21H23F2N3O3/c1-21(2,3)29-20(28)13-6-4-12(9-14(13)22)18-19(24)25-10-16(26-18)11-5-7-17(27)15(23)8-11/h4,6,9-11,15H,5,7-8H2,1-3H3,(H2,24,25)/t11-,15+/m1/s1. The van der Waals surface area contributed by atoms with Gasteiger partial charge in [-0.3, -0.25) is 4.79 Å². The van der Waals surface area contributed by atoms with Gasteiger partial charge in [0.05, 0.1) is 17.5 Å².